The second-order valence-electron chi connectivity index (χ2n) is 5.01. The summed E-state index contributed by atoms with van der Waals surface area (Å²) < 4.78 is 13.4. The molecule has 0 aromatic heterocycles. The summed E-state index contributed by atoms with van der Waals surface area (Å²) >= 11 is 5.62. The van der Waals surface area contributed by atoms with Crippen molar-refractivity contribution < 1.29 is 9.18 Å². The molecule has 2 rings (SSSR count). The molecule has 0 N–H and O–H groups in total. The summed E-state index contributed by atoms with van der Waals surface area (Å²) in [4.78, 5) is 16.1. The maximum absolute atomic E-state index is 13.4. The van der Waals surface area contributed by atoms with Crippen LogP contribution in [0.1, 0.15) is 23.7 Å². The van der Waals surface area contributed by atoms with Gasteiger partial charge in [-0.25, -0.2) is 4.39 Å². The number of hydrogen-bond donors (Lipinski definition) is 0. The molecule has 1 aliphatic heterocycles. The summed E-state index contributed by atoms with van der Waals surface area (Å²) in [6.07, 6.45) is 0.771. The highest BCUT2D eigenvalue weighted by Crippen LogP contribution is 2.18. The van der Waals surface area contributed by atoms with E-state index in [0.29, 0.717) is 31.7 Å². The Morgan fingerprint density at radius 1 is 1.43 bits per heavy atom. The number of rotatable bonds is 3. The van der Waals surface area contributed by atoms with Crippen LogP contribution >= 0.6 is 11.6 Å². The average Bonchev–Trinajstić information content (AvgIpc) is 2.51. The Labute approximate surface area is 128 Å². The molecule has 1 saturated heterocycles. The maximum Gasteiger partial charge on any atom is 0.254 e. The van der Waals surface area contributed by atoms with Crippen LogP contribution in [0.25, 0.3) is 0 Å². The highest BCUT2D eigenvalue weighted by molar-refractivity contribution is 6.30. The van der Waals surface area contributed by atoms with Crippen LogP contribution in [0.5, 0.6) is 0 Å². The van der Waals surface area contributed by atoms with E-state index in [9.17, 15) is 9.18 Å². The molecule has 0 spiro atoms. The van der Waals surface area contributed by atoms with E-state index in [2.05, 4.69) is 11.0 Å². The topological polar surface area (TPSA) is 47.3 Å². The molecule has 4 nitrogen and oxygen atoms in total. The lowest BCUT2D eigenvalue weighted by Gasteiger charge is -2.36. The van der Waals surface area contributed by atoms with Crippen LogP contribution in [0, 0.1) is 17.1 Å². The van der Waals surface area contributed by atoms with Crippen LogP contribution in [0.4, 0.5) is 4.39 Å². The van der Waals surface area contributed by atoms with Gasteiger partial charge in [-0.1, -0.05) is 18.5 Å². The largest absolute Gasteiger partial charge is 0.336 e. The Bertz CT molecular complexity index is 565. The third kappa shape index (κ3) is 3.52. The Morgan fingerprint density at radius 2 is 2.10 bits per heavy atom. The monoisotopic (exact) mass is 309 g/mol. The summed E-state index contributed by atoms with van der Waals surface area (Å²) in [6.45, 7) is 4.38. The van der Waals surface area contributed by atoms with Crippen molar-refractivity contribution in [2.45, 2.75) is 19.4 Å². The van der Waals surface area contributed by atoms with Crippen molar-refractivity contribution in [2.24, 2.45) is 0 Å². The summed E-state index contributed by atoms with van der Waals surface area (Å²) in [5.74, 6) is -0.785. The minimum atomic E-state index is -0.586. The lowest BCUT2D eigenvalue weighted by atomic mass is 10.1. The van der Waals surface area contributed by atoms with Crippen LogP contribution in [-0.4, -0.2) is 47.9 Å². The van der Waals surface area contributed by atoms with Crippen LogP contribution in [-0.2, 0) is 0 Å². The van der Waals surface area contributed by atoms with E-state index >= 15 is 0 Å². The van der Waals surface area contributed by atoms with Crippen molar-refractivity contribution in [3.8, 4) is 6.07 Å². The van der Waals surface area contributed by atoms with Crippen molar-refractivity contribution in [1.82, 2.24) is 9.80 Å². The van der Waals surface area contributed by atoms with Gasteiger partial charge < -0.3 is 4.90 Å². The number of carbonyl (C=O) groups excluding carboxylic acids is 1. The third-order valence-electron chi connectivity index (χ3n) is 3.74. The fraction of sp³-hybridized carbons (Fsp3) is 0.467. The van der Waals surface area contributed by atoms with E-state index in [4.69, 9.17) is 16.9 Å². The summed E-state index contributed by atoms with van der Waals surface area (Å²) in [5.41, 5.74) is 0.303. The molecule has 0 saturated carbocycles. The first-order chi connectivity index (χ1) is 10.1. The molecule has 21 heavy (non-hydrogen) atoms. The molecule has 1 unspecified atom stereocenters. The Kier molecular flexibility index (Phi) is 5.16. The number of halogens is 2. The number of carbonyl (C=O) groups is 1. The number of benzene rings is 1. The molecule has 1 amide bonds. The molecular weight excluding hydrogens is 293 g/mol. The normalized spacial score (nSPS) is 17.3. The fourth-order valence-corrected chi connectivity index (χ4v) is 2.60. The zero-order valence-electron chi connectivity index (χ0n) is 11.9. The number of nitrogens with zero attached hydrogens (tertiary/aromatic N) is 3. The first-order valence-electron chi connectivity index (χ1n) is 6.94. The van der Waals surface area contributed by atoms with Gasteiger partial charge in [0.05, 0.1) is 17.1 Å². The van der Waals surface area contributed by atoms with E-state index in [1.54, 1.807) is 4.90 Å². The van der Waals surface area contributed by atoms with Crippen molar-refractivity contribution in [3.05, 3.63) is 34.6 Å². The Balaban J connectivity index is 2.00. The molecule has 6 heteroatoms. The van der Waals surface area contributed by atoms with E-state index in [1.165, 1.54) is 18.2 Å². The van der Waals surface area contributed by atoms with Gasteiger partial charge in [0.15, 0.2) is 0 Å². The smallest absolute Gasteiger partial charge is 0.254 e. The van der Waals surface area contributed by atoms with Gasteiger partial charge in [0.2, 0.25) is 0 Å². The average molecular weight is 310 g/mol. The van der Waals surface area contributed by atoms with Gasteiger partial charge in [-0.05, 0) is 24.6 Å². The SMILES string of the molecule is CCC(C#N)N1CCN(C(=O)c2ccc(Cl)c(F)c2)CC1. The van der Waals surface area contributed by atoms with E-state index in [1.807, 2.05) is 6.92 Å². The van der Waals surface area contributed by atoms with Crippen molar-refractivity contribution in [3.63, 3.8) is 0 Å². The standard InChI is InChI=1S/C15H17ClFN3O/c1-2-12(10-18)19-5-7-20(8-6-19)15(21)11-3-4-13(16)14(17)9-11/h3-4,9,12H,2,5-8H2,1H3. The summed E-state index contributed by atoms with van der Waals surface area (Å²) in [5, 5.41) is 9.07. The second kappa shape index (κ2) is 6.88. The zero-order chi connectivity index (χ0) is 15.4. The number of amides is 1. The molecule has 1 heterocycles. The summed E-state index contributed by atoms with van der Waals surface area (Å²) in [7, 11) is 0. The van der Waals surface area contributed by atoms with Crippen LogP contribution in [0.15, 0.2) is 18.2 Å². The molecule has 1 aromatic rings. The molecule has 0 bridgehead atoms. The molecule has 112 valence electrons. The summed E-state index contributed by atoms with van der Waals surface area (Å²) in [6, 6.07) is 6.26. The van der Waals surface area contributed by atoms with Crippen LogP contribution < -0.4 is 0 Å². The zero-order valence-corrected chi connectivity index (χ0v) is 12.6. The van der Waals surface area contributed by atoms with Crippen LogP contribution in [0.3, 0.4) is 0 Å². The number of nitriles is 1. The molecule has 0 aliphatic carbocycles. The predicted molar refractivity (Wildman–Crippen MR) is 78.6 cm³/mol. The van der Waals surface area contributed by atoms with Gasteiger partial charge in [-0.15, -0.1) is 0 Å². The number of piperazine rings is 1. The van der Waals surface area contributed by atoms with Gasteiger partial charge in [-0.2, -0.15) is 5.26 Å². The van der Waals surface area contributed by atoms with Gasteiger partial charge in [-0.3, -0.25) is 9.69 Å². The molecule has 1 atom stereocenters. The number of hydrogen-bond acceptors (Lipinski definition) is 3. The highest BCUT2D eigenvalue weighted by Gasteiger charge is 2.26. The van der Waals surface area contributed by atoms with E-state index in [-0.39, 0.29) is 17.0 Å². The van der Waals surface area contributed by atoms with Gasteiger partial charge in [0.25, 0.3) is 5.91 Å². The van der Waals surface area contributed by atoms with E-state index < -0.39 is 5.82 Å². The van der Waals surface area contributed by atoms with Gasteiger partial charge in [0, 0.05) is 31.7 Å². The van der Waals surface area contributed by atoms with Crippen LogP contribution in [0.2, 0.25) is 5.02 Å². The molecule has 1 fully saturated rings. The van der Waals surface area contributed by atoms with Crippen molar-refractivity contribution in [1.29, 1.82) is 5.26 Å². The van der Waals surface area contributed by atoms with Gasteiger partial charge >= 0.3 is 0 Å². The lowest BCUT2D eigenvalue weighted by Crippen LogP contribution is -2.51. The van der Waals surface area contributed by atoms with E-state index in [0.717, 1.165) is 6.42 Å². The van der Waals surface area contributed by atoms with Gasteiger partial charge in [0.1, 0.15) is 5.82 Å². The molecule has 0 radical (unpaired) electrons. The minimum Gasteiger partial charge on any atom is -0.336 e. The fourth-order valence-electron chi connectivity index (χ4n) is 2.48. The van der Waals surface area contributed by atoms with Crippen molar-refractivity contribution in [2.75, 3.05) is 26.2 Å². The molecule has 1 aromatic carbocycles. The minimum absolute atomic E-state index is 0.0103. The quantitative estimate of drug-likeness (QED) is 0.862. The first kappa shape index (κ1) is 15.7. The highest BCUT2D eigenvalue weighted by atomic mass is 35.5. The molecular formula is C15H17ClFN3O. The second-order valence-corrected chi connectivity index (χ2v) is 5.42. The Hall–Kier alpha value is -1.64. The first-order valence-corrected chi connectivity index (χ1v) is 7.32. The predicted octanol–water partition coefficient (Wildman–Crippen LogP) is 2.54. The lowest BCUT2D eigenvalue weighted by molar-refractivity contribution is 0.0604. The maximum atomic E-state index is 13.4. The Morgan fingerprint density at radius 3 is 2.62 bits per heavy atom. The van der Waals surface area contributed by atoms with Crippen molar-refractivity contribution >= 4 is 17.5 Å². The molecule has 1 aliphatic rings. The third-order valence-corrected chi connectivity index (χ3v) is 4.05.